The van der Waals surface area contributed by atoms with Crippen LogP contribution < -0.4 is 5.32 Å². The predicted octanol–water partition coefficient (Wildman–Crippen LogP) is 1.46. The van der Waals surface area contributed by atoms with Crippen LogP contribution in [0.15, 0.2) is 29.2 Å². The molecule has 0 aliphatic rings. The molecule has 6 nitrogen and oxygen atoms in total. The summed E-state index contributed by atoms with van der Waals surface area (Å²) in [5.41, 5.74) is 0.956. The molecule has 7 heteroatoms. The van der Waals surface area contributed by atoms with Gasteiger partial charge in [0.25, 0.3) is 10.1 Å². The van der Waals surface area contributed by atoms with Crippen LogP contribution >= 0.6 is 0 Å². The van der Waals surface area contributed by atoms with E-state index in [2.05, 4.69) is 26.5 Å². The molecule has 0 radical (unpaired) electrons. The number of hydrogen-bond donors (Lipinski definition) is 2. The van der Waals surface area contributed by atoms with Crippen LogP contribution in [-0.2, 0) is 14.9 Å². The quantitative estimate of drug-likeness (QED) is 0.486. The van der Waals surface area contributed by atoms with Crippen molar-refractivity contribution < 1.29 is 22.2 Å². The summed E-state index contributed by atoms with van der Waals surface area (Å²) in [5, 5.41) is 2.77. The van der Waals surface area contributed by atoms with Gasteiger partial charge in [0, 0.05) is 19.9 Å². The molecule has 0 saturated carbocycles. The van der Waals surface area contributed by atoms with Crippen molar-refractivity contribution in [2.24, 2.45) is 0 Å². The zero-order valence-corrected chi connectivity index (χ0v) is 14.8. The Hall–Kier alpha value is -1.44. The van der Waals surface area contributed by atoms with E-state index in [0.717, 1.165) is 29.6 Å². The number of nitrogens with one attached hydrogen (secondary N) is 1. The third-order valence-electron chi connectivity index (χ3n) is 2.70. The van der Waals surface area contributed by atoms with Crippen LogP contribution in [-0.4, -0.2) is 57.6 Å². The molecule has 1 aromatic rings. The Morgan fingerprint density at radius 1 is 1.18 bits per heavy atom. The highest BCUT2D eigenvalue weighted by atomic mass is 32.2. The minimum absolute atomic E-state index is 0.0615. The highest BCUT2D eigenvalue weighted by molar-refractivity contribution is 7.85. The van der Waals surface area contributed by atoms with Gasteiger partial charge in [-0.15, -0.1) is 0 Å². The van der Waals surface area contributed by atoms with Crippen LogP contribution in [0.25, 0.3) is 0 Å². The van der Waals surface area contributed by atoms with Crippen LogP contribution in [0.4, 0.5) is 0 Å². The van der Waals surface area contributed by atoms with Crippen molar-refractivity contribution in [2.45, 2.75) is 25.2 Å². The number of amides is 1. The lowest BCUT2D eigenvalue weighted by molar-refractivity contribution is -0.870. The molecule has 1 aromatic carbocycles. The number of hydrogen-bond acceptors (Lipinski definition) is 3. The summed E-state index contributed by atoms with van der Waals surface area (Å²) in [5.74, 6) is 0.0615. The second-order valence-corrected chi connectivity index (χ2v) is 7.56. The Morgan fingerprint density at radius 2 is 1.68 bits per heavy atom. The zero-order chi connectivity index (χ0) is 17.4. The van der Waals surface area contributed by atoms with E-state index in [9.17, 15) is 13.2 Å². The van der Waals surface area contributed by atoms with Gasteiger partial charge >= 0.3 is 0 Å². The largest absolute Gasteiger partial charge is 0.356 e. The molecule has 1 amide bonds. The third kappa shape index (κ3) is 11.2. The molecule has 0 atom stereocenters. The van der Waals surface area contributed by atoms with E-state index >= 15 is 0 Å². The van der Waals surface area contributed by atoms with Gasteiger partial charge in [0.15, 0.2) is 0 Å². The van der Waals surface area contributed by atoms with Gasteiger partial charge in [-0.1, -0.05) is 17.7 Å². The first-order valence-electron chi connectivity index (χ1n) is 7.01. The average molecular weight is 331 g/mol. The minimum atomic E-state index is -4.02. The highest BCUT2D eigenvalue weighted by Crippen LogP contribution is 2.08. The van der Waals surface area contributed by atoms with Gasteiger partial charge in [-0.05, 0) is 19.1 Å². The fourth-order valence-corrected chi connectivity index (χ4v) is 2.01. The first-order chi connectivity index (χ1) is 9.92. The lowest BCUT2D eigenvalue weighted by Crippen LogP contribution is -2.37. The van der Waals surface area contributed by atoms with Gasteiger partial charge in [0.1, 0.15) is 0 Å². The summed E-state index contributed by atoms with van der Waals surface area (Å²) in [6, 6.07) is 5.99. The summed E-state index contributed by atoms with van der Waals surface area (Å²) in [4.78, 5) is 10.4. The molecule has 0 spiro atoms. The Morgan fingerprint density at radius 3 is 2.05 bits per heavy atom. The smallest absolute Gasteiger partial charge is 0.294 e. The Kier molecular flexibility index (Phi) is 8.29. The highest BCUT2D eigenvalue weighted by Gasteiger charge is 2.07. The van der Waals surface area contributed by atoms with Crippen LogP contribution in [0.3, 0.4) is 0 Å². The molecule has 126 valence electrons. The van der Waals surface area contributed by atoms with E-state index in [4.69, 9.17) is 4.55 Å². The van der Waals surface area contributed by atoms with Crippen molar-refractivity contribution in [3.63, 3.8) is 0 Å². The molecule has 0 bridgehead atoms. The molecule has 0 fully saturated rings. The minimum Gasteiger partial charge on any atom is -0.356 e. The molecule has 1 rings (SSSR count). The average Bonchev–Trinajstić information content (AvgIpc) is 2.33. The lowest BCUT2D eigenvalue weighted by atomic mass is 10.2. The van der Waals surface area contributed by atoms with E-state index in [1.54, 1.807) is 19.1 Å². The van der Waals surface area contributed by atoms with E-state index in [1.165, 1.54) is 12.1 Å². The fraction of sp³-hybridized carbons (Fsp3) is 0.533. The number of nitrogens with zero attached hydrogens (tertiary/aromatic N) is 1. The zero-order valence-electron chi connectivity index (χ0n) is 14.0. The monoisotopic (exact) mass is 331 g/mol. The summed E-state index contributed by atoms with van der Waals surface area (Å²) < 4.78 is 30.5. The SMILES string of the molecule is CC(=O)NCCC[N+](C)(C)C.Cc1ccc(S(=O)(=O)O)cc1. The second kappa shape index (κ2) is 8.87. The van der Waals surface area contributed by atoms with Crippen LogP contribution in [0.1, 0.15) is 18.9 Å². The van der Waals surface area contributed by atoms with Crippen molar-refractivity contribution in [2.75, 3.05) is 34.2 Å². The van der Waals surface area contributed by atoms with E-state index in [1.807, 2.05) is 6.92 Å². The van der Waals surface area contributed by atoms with Gasteiger partial charge in [-0.25, -0.2) is 0 Å². The molecular weight excluding hydrogens is 304 g/mol. The number of benzene rings is 1. The van der Waals surface area contributed by atoms with Crippen molar-refractivity contribution in [3.05, 3.63) is 29.8 Å². The van der Waals surface area contributed by atoms with E-state index in [-0.39, 0.29) is 10.8 Å². The maximum atomic E-state index is 10.5. The van der Waals surface area contributed by atoms with Crippen LogP contribution in [0, 0.1) is 6.92 Å². The van der Waals surface area contributed by atoms with Crippen LogP contribution in [0.5, 0.6) is 0 Å². The summed E-state index contributed by atoms with van der Waals surface area (Å²) in [7, 11) is 2.42. The summed E-state index contributed by atoms with van der Waals surface area (Å²) in [6.07, 6.45) is 1.04. The van der Waals surface area contributed by atoms with Gasteiger partial charge in [-0.3, -0.25) is 9.35 Å². The third-order valence-corrected chi connectivity index (χ3v) is 3.57. The molecule has 0 heterocycles. The van der Waals surface area contributed by atoms with E-state index in [0.29, 0.717) is 0 Å². The predicted molar refractivity (Wildman–Crippen MR) is 87.2 cm³/mol. The Labute approximate surface area is 133 Å². The topological polar surface area (TPSA) is 83.5 Å². The normalized spacial score (nSPS) is 11.4. The summed E-state index contributed by atoms with van der Waals surface area (Å²) >= 11 is 0. The van der Waals surface area contributed by atoms with Gasteiger partial charge in [0.05, 0.1) is 32.6 Å². The maximum Gasteiger partial charge on any atom is 0.294 e. The van der Waals surface area contributed by atoms with Crippen molar-refractivity contribution in [3.8, 4) is 0 Å². The summed E-state index contributed by atoms with van der Waals surface area (Å²) in [6.45, 7) is 5.28. The second-order valence-electron chi connectivity index (χ2n) is 6.14. The van der Waals surface area contributed by atoms with Crippen molar-refractivity contribution in [1.82, 2.24) is 5.32 Å². The van der Waals surface area contributed by atoms with Gasteiger partial charge < -0.3 is 9.80 Å². The van der Waals surface area contributed by atoms with E-state index < -0.39 is 10.1 Å². The molecule has 0 unspecified atom stereocenters. The molecule has 0 aliphatic heterocycles. The number of rotatable bonds is 5. The fourth-order valence-electron chi connectivity index (χ4n) is 1.53. The molecule has 2 N–H and O–H groups in total. The molecule has 0 saturated heterocycles. The first-order valence-corrected chi connectivity index (χ1v) is 8.45. The number of quaternary nitrogens is 1. The molecule has 0 aliphatic carbocycles. The maximum absolute atomic E-state index is 10.5. The van der Waals surface area contributed by atoms with Gasteiger partial charge in [-0.2, -0.15) is 8.42 Å². The number of carbonyl (C=O) groups is 1. The first kappa shape index (κ1) is 20.6. The van der Waals surface area contributed by atoms with Crippen LogP contribution in [0.2, 0.25) is 0 Å². The Balaban J connectivity index is 0.000000401. The Bertz CT molecular complexity index is 560. The standard InChI is InChI=1S/C8H18N2O.C7H8O3S/c1-8(11)9-6-5-7-10(2,3)4;1-6-2-4-7(5-3-6)11(8,9)10/h5-7H2,1-4H3;2-5H,1H3,(H,8,9,10)/p+1. The lowest BCUT2D eigenvalue weighted by Gasteiger charge is -2.23. The molecular formula is C15H27N2O4S+. The molecule has 22 heavy (non-hydrogen) atoms. The van der Waals surface area contributed by atoms with Crippen molar-refractivity contribution >= 4 is 16.0 Å². The van der Waals surface area contributed by atoms with Gasteiger partial charge in [0.2, 0.25) is 5.91 Å². The number of aryl methyl sites for hydroxylation is 1. The van der Waals surface area contributed by atoms with Crippen molar-refractivity contribution in [1.29, 1.82) is 0 Å². The molecule has 0 aromatic heterocycles. The number of carbonyl (C=O) groups excluding carboxylic acids is 1.